The largest absolute Gasteiger partial charge is 0.497 e. The molecular weight excluding hydrogens is 342 g/mol. The summed E-state index contributed by atoms with van der Waals surface area (Å²) in [6, 6.07) is 8.13. The van der Waals surface area contributed by atoms with E-state index in [4.69, 9.17) is 4.74 Å². The van der Waals surface area contributed by atoms with Crippen LogP contribution in [-0.2, 0) is 0 Å². The van der Waals surface area contributed by atoms with Gasteiger partial charge in [-0.1, -0.05) is 13.3 Å². The van der Waals surface area contributed by atoms with E-state index < -0.39 is 0 Å². The van der Waals surface area contributed by atoms with Gasteiger partial charge >= 0.3 is 0 Å². The molecule has 7 heteroatoms. The minimum absolute atomic E-state index is 0.160. The summed E-state index contributed by atoms with van der Waals surface area (Å²) in [6.45, 7) is 6.31. The fourth-order valence-electron chi connectivity index (χ4n) is 3.06. The first-order valence-electron chi connectivity index (χ1n) is 9.45. The molecule has 0 saturated carbocycles. The second-order valence-corrected chi connectivity index (χ2v) is 6.54. The summed E-state index contributed by atoms with van der Waals surface area (Å²) >= 11 is 0. The van der Waals surface area contributed by atoms with E-state index in [1.807, 2.05) is 12.1 Å². The average Bonchev–Trinajstić information content (AvgIpc) is 2.74. The number of hydrogen-bond acceptors (Lipinski definition) is 6. The van der Waals surface area contributed by atoms with Crippen LogP contribution in [0.4, 0.5) is 11.5 Å². The van der Waals surface area contributed by atoms with Crippen LogP contribution in [0.2, 0.25) is 0 Å². The Balaban J connectivity index is 1.53. The van der Waals surface area contributed by atoms with E-state index in [1.54, 1.807) is 19.5 Å². The molecule has 2 heterocycles. The summed E-state index contributed by atoms with van der Waals surface area (Å²) in [5, 5.41) is 2.86. The zero-order chi connectivity index (χ0) is 19.1. The van der Waals surface area contributed by atoms with Gasteiger partial charge in [-0.3, -0.25) is 4.79 Å². The van der Waals surface area contributed by atoms with Gasteiger partial charge in [0.25, 0.3) is 5.91 Å². The molecule has 0 spiro atoms. The molecule has 1 N–H and O–H groups in total. The number of nitrogens with one attached hydrogen (secondary N) is 1. The van der Waals surface area contributed by atoms with Gasteiger partial charge < -0.3 is 19.9 Å². The van der Waals surface area contributed by atoms with Gasteiger partial charge in [0.05, 0.1) is 19.5 Å². The summed E-state index contributed by atoms with van der Waals surface area (Å²) in [4.78, 5) is 25.3. The number of benzene rings is 1. The fourth-order valence-corrected chi connectivity index (χ4v) is 3.06. The van der Waals surface area contributed by atoms with E-state index in [-0.39, 0.29) is 5.91 Å². The summed E-state index contributed by atoms with van der Waals surface area (Å²) in [7, 11) is 1.68. The van der Waals surface area contributed by atoms with Crippen LogP contribution >= 0.6 is 0 Å². The lowest BCUT2D eigenvalue weighted by Crippen LogP contribution is -2.46. The van der Waals surface area contributed by atoms with Crippen molar-refractivity contribution in [3.05, 3.63) is 42.4 Å². The van der Waals surface area contributed by atoms with E-state index >= 15 is 0 Å². The highest BCUT2D eigenvalue weighted by molar-refractivity contribution is 5.91. The van der Waals surface area contributed by atoms with Crippen molar-refractivity contribution < 1.29 is 9.53 Å². The van der Waals surface area contributed by atoms with Crippen LogP contribution in [0.5, 0.6) is 5.75 Å². The zero-order valence-corrected chi connectivity index (χ0v) is 16.0. The van der Waals surface area contributed by atoms with E-state index in [9.17, 15) is 4.79 Å². The van der Waals surface area contributed by atoms with Gasteiger partial charge in [-0.2, -0.15) is 0 Å². The molecule has 0 aliphatic carbocycles. The second-order valence-electron chi connectivity index (χ2n) is 6.54. The monoisotopic (exact) mass is 369 g/mol. The third kappa shape index (κ3) is 4.87. The SMILES string of the molecule is CCCCNC(=O)c1cnc(N2CCN(c3ccc(OC)cc3)CC2)cn1. The molecule has 0 atom stereocenters. The summed E-state index contributed by atoms with van der Waals surface area (Å²) < 4.78 is 5.21. The molecule has 0 unspecified atom stereocenters. The van der Waals surface area contributed by atoms with Crippen LogP contribution in [0.25, 0.3) is 0 Å². The van der Waals surface area contributed by atoms with Crippen LogP contribution in [0.1, 0.15) is 30.3 Å². The molecule has 7 nitrogen and oxygen atoms in total. The maximum absolute atomic E-state index is 12.0. The third-order valence-corrected chi connectivity index (χ3v) is 4.73. The van der Waals surface area contributed by atoms with E-state index in [2.05, 4.69) is 44.1 Å². The van der Waals surface area contributed by atoms with Gasteiger partial charge in [-0.05, 0) is 30.7 Å². The first kappa shape index (κ1) is 18.9. The predicted octanol–water partition coefficient (Wildman–Crippen LogP) is 2.34. The number of ether oxygens (including phenoxy) is 1. The summed E-state index contributed by atoms with van der Waals surface area (Å²) in [5.41, 5.74) is 1.56. The summed E-state index contributed by atoms with van der Waals surface area (Å²) in [6.07, 6.45) is 5.27. The topological polar surface area (TPSA) is 70.6 Å². The highest BCUT2D eigenvalue weighted by Crippen LogP contribution is 2.21. The van der Waals surface area contributed by atoms with E-state index in [0.717, 1.165) is 50.6 Å². The van der Waals surface area contributed by atoms with E-state index in [1.165, 1.54) is 5.69 Å². The average molecular weight is 369 g/mol. The molecular formula is C20H27N5O2. The first-order chi connectivity index (χ1) is 13.2. The summed E-state index contributed by atoms with van der Waals surface area (Å²) in [5.74, 6) is 1.52. The minimum atomic E-state index is -0.160. The molecule has 1 aromatic heterocycles. The maximum atomic E-state index is 12.0. The predicted molar refractivity (Wildman–Crippen MR) is 107 cm³/mol. The van der Waals surface area contributed by atoms with Crippen LogP contribution in [0, 0.1) is 0 Å². The number of rotatable bonds is 7. The van der Waals surface area contributed by atoms with Crippen LogP contribution in [0.15, 0.2) is 36.7 Å². The molecule has 2 aromatic rings. The molecule has 27 heavy (non-hydrogen) atoms. The van der Waals surface area contributed by atoms with Crippen molar-refractivity contribution in [3.8, 4) is 5.75 Å². The normalized spacial score (nSPS) is 14.1. The molecule has 1 aliphatic rings. The molecule has 1 aromatic carbocycles. The maximum Gasteiger partial charge on any atom is 0.271 e. The number of carbonyl (C=O) groups excluding carboxylic acids is 1. The van der Waals surface area contributed by atoms with Gasteiger partial charge in [0.1, 0.15) is 17.3 Å². The molecule has 144 valence electrons. The Bertz CT molecular complexity index is 725. The van der Waals surface area contributed by atoms with Crippen molar-refractivity contribution in [3.63, 3.8) is 0 Å². The Morgan fingerprint density at radius 2 is 1.78 bits per heavy atom. The van der Waals surface area contributed by atoms with Crippen molar-refractivity contribution in [2.75, 3.05) is 49.6 Å². The molecule has 1 saturated heterocycles. The van der Waals surface area contributed by atoms with Gasteiger partial charge in [-0.25, -0.2) is 9.97 Å². The van der Waals surface area contributed by atoms with Gasteiger partial charge in [0, 0.05) is 38.4 Å². The van der Waals surface area contributed by atoms with Crippen molar-refractivity contribution in [1.82, 2.24) is 15.3 Å². The highest BCUT2D eigenvalue weighted by Gasteiger charge is 2.19. The quantitative estimate of drug-likeness (QED) is 0.756. The van der Waals surface area contributed by atoms with Crippen molar-refractivity contribution in [2.24, 2.45) is 0 Å². The molecule has 0 radical (unpaired) electrons. The zero-order valence-electron chi connectivity index (χ0n) is 16.0. The Morgan fingerprint density at radius 3 is 2.37 bits per heavy atom. The number of carbonyl (C=O) groups is 1. The molecule has 0 bridgehead atoms. The lowest BCUT2D eigenvalue weighted by molar-refractivity contribution is 0.0948. The van der Waals surface area contributed by atoms with Crippen LogP contribution < -0.4 is 19.9 Å². The minimum Gasteiger partial charge on any atom is -0.497 e. The number of piperazine rings is 1. The van der Waals surface area contributed by atoms with Crippen LogP contribution in [-0.4, -0.2) is 55.7 Å². The smallest absolute Gasteiger partial charge is 0.271 e. The van der Waals surface area contributed by atoms with Crippen molar-refractivity contribution in [1.29, 1.82) is 0 Å². The number of amides is 1. The molecule has 1 amide bonds. The first-order valence-corrected chi connectivity index (χ1v) is 9.45. The Labute approximate surface area is 160 Å². The van der Waals surface area contributed by atoms with Gasteiger partial charge in [0.2, 0.25) is 0 Å². The number of anilines is 2. The molecule has 1 aliphatic heterocycles. The Hall–Kier alpha value is -2.83. The second kappa shape index (κ2) is 9.21. The number of nitrogens with zero attached hydrogens (tertiary/aromatic N) is 4. The number of hydrogen-bond donors (Lipinski definition) is 1. The molecule has 1 fully saturated rings. The number of aromatic nitrogens is 2. The fraction of sp³-hybridized carbons (Fsp3) is 0.450. The number of methoxy groups -OCH3 is 1. The standard InChI is InChI=1S/C20H27N5O2/c1-3-4-9-21-20(26)18-14-23-19(15-22-18)25-12-10-24(11-13-25)16-5-7-17(27-2)8-6-16/h5-8,14-15H,3-4,9-13H2,1-2H3,(H,21,26). The highest BCUT2D eigenvalue weighted by atomic mass is 16.5. The van der Waals surface area contributed by atoms with E-state index in [0.29, 0.717) is 12.2 Å². The lowest BCUT2D eigenvalue weighted by Gasteiger charge is -2.36. The third-order valence-electron chi connectivity index (χ3n) is 4.73. The Kier molecular flexibility index (Phi) is 6.46. The van der Waals surface area contributed by atoms with Crippen molar-refractivity contribution >= 4 is 17.4 Å². The van der Waals surface area contributed by atoms with Crippen LogP contribution in [0.3, 0.4) is 0 Å². The van der Waals surface area contributed by atoms with Gasteiger partial charge in [0.15, 0.2) is 0 Å². The lowest BCUT2D eigenvalue weighted by atomic mass is 10.2. The Morgan fingerprint density at radius 1 is 1.07 bits per heavy atom. The van der Waals surface area contributed by atoms with Gasteiger partial charge in [-0.15, -0.1) is 0 Å². The van der Waals surface area contributed by atoms with Crippen molar-refractivity contribution in [2.45, 2.75) is 19.8 Å². The number of unbranched alkanes of at least 4 members (excludes halogenated alkanes) is 1. The molecule has 3 rings (SSSR count).